The molecule has 0 radical (unpaired) electrons. The largest absolute Gasteiger partial charge is 0.436 e. The van der Waals surface area contributed by atoms with Crippen LogP contribution in [0.15, 0.2) is 30.3 Å². The minimum absolute atomic E-state index is 0.0695. The van der Waals surface area contributed by atoms with Gasteiger partial charge in [0.1, 0.15) is 10.8 Å². The minimum atomic E-state index is -3.67. The average Bonchev–Trinajstić information content (AvgIpc) is 2.43. The van der Waals surface area contributed by atoms with E-state index < -0.39 is 15.9 Å². The van der Waals surface area contributed by atoms with Gasteiger partial charge < -0.3 is 4.74 Å². The number of rotatable bonds is 4. The van der Waals surface area contributed by atoms with E-state index in [1.54, 1.807) is 22.9 Å². The third-order valence-electron chi connectivity index (χ3n) is 2.28. The summed E-state index contributed by atoms with van der Waals surface area (Å²) in [4.78, 5) is 11.6. The van der Waals surface area contributed by atoms with Crippen LogP contribution in [0, 0.1) is 0 Å². The van der Waals surface area contributed by atoms with Crippen LogP contribution in [0.5, 0.6) is 11.6 Å². The van der Waals surface area contributed by atoms with Gasteiger partial charge in [0.2, 0.25) is 15.9 Å². The number of carbonyl (C=O) groups excluding carboxylic acids is 1. The molecule has 1 N–H and O–H groups in total. The van der Waals surface area contributed by atoms with Crippen LogP contribution in [0.1, 0.15) is 10.5 Å². The molecular weight excluding hydrogens is 353 g/mol. The topological polar surface area (TPSA) is 98.2 Å². The van der Waals surface area contributed by atoms with Crippen LogP contribution in [0.4, 0.5) is 0 Å². The van der Waals surface area contributed by atoms with Crippen molar-refractivity contribution in [1.29, 1.82) is 0 Å². The summed E-state index contributed by atoms with van der Waals surface area (Å²) < 4.78 is 29.1. The van der Waals surface area contributed by atoms with Crippen molar-refractivity contribution >= 4 is 39.1 Å². The number of halogens is 2. The maximum absolute atomic E-state index is 11.6. The highest BCUT2D eigenvalue weighted by Gasteiger charge is 2.14. The predicted molar refractivity (Wildman–Crippen MR) is 80.9 cm³/mol. The van der Waals surface area contributed by atoms with E-state index in [0.717, 1.165) is 6.26 Å². The van der Waals surface area contributed by atoms with E-state index in [9.17, 15) is 13.2 Å². The van der Waals surface area contributed by atoms with E-state index in [0.29, 0.717) is 5.02 Å². The van der Waals surface area contributed by atoms with Crippen LogP contribution < -0.4 is 9.46 Å². The Balaban J connectivity index is 2.16. The molecule has 10 heteroatoms. The van der Waals surface area contributed by atoms with Gasteiger partial charge in [-0.05, 0) is 18.2 Å². The minimum Gasteiger partial charge on any atom is -0.436 e. The number of nitrogens with zero attached hydrogens (tertiary/aromatic N) is 2. The van der Waals surface area contributed by atoms with Crippen LogP contribution in [0.25, 0.3) is 0 Å². The number of nitrogens with one attached hydrogen (secondary N) is 1. The maximum atomic E-state index is 11.6. The van der Waals surface area contributed by atoms with Gasteiger partial charge in [-0.2, -0.15) is 0 Å². The molecule has 1 heterocycles. The van der Waals surface area contributed by atoms with Gasteiger partial charge in [-0.25, -0.2) is 13.1 Å². The molecule has 7 nitrogen and oxygen atoms in total. The van der Waals surface area contributed by atoms with Crippen LogP contribution in [0.2, 0.25) is 10.0 Å². The van der Waals surface area contributed by atoms with E-state index in [-0.39, 0.29) is 22.3 Å². The smallest absolute Gasteiger partial charge is 0.285 e. The highest BCUT2D eigenvalue weighted by atomic mass is 35.5. The first kappa shape index (κ1) is 16.5. The molecule has 1 aromatic heterocycles. The van der Waals surface area contributed by atoms with Crippen molar-refractivity contribution in [3.05, 3.63) is 46.1 Å². The number of amides is 1. The summed E-state index contributed by atoms with van der Waals surface area (Å²) in [6.07, 6.45) is 0.858. The summed E-state index contributed by atoms with van der Waals surface area (Å²) in [5.74, 6) is -0.542. The molecule has 0 aliphatic carbocycles. The SMILES string of the molecule is CS(=O)(=O)NC(=O)c1ccc(Oc2cccc(Cl)c2Cl)nn1. The number of benzene rings is 1. The number of carbonyl (C=O) groups is 1. The van der Waals surface area contributed by atoms with Crippen molar-refractivity contribution in [1.82, 2.24) is 14.9 Å². The van der Waals surface area contributed by atoms with E-state index in [1.807, 2.05) is 0 Å². The summed E-state index contributed by atoms with van der Waals surface area (Å²) >= 11 is 11.8. The Morgan fingerprint density at radius 1 is 1.18 bits per heavy atom. The van der Waals surface area contributed by atoms with Gasteiger partial charge >= 0.3 is 0 Å². The summed E-state index contributed by atoms with van der Waals surface area (Å²) in [6.45, 7) is 0. The summed E-state index contributed by atoms with van der Waals surface area (Å²) in [5.41, 5.74) is -0.171. The Morgan fingerprint density at radius 3 is 2.50 bits per heavy atom. The van der Waals surface area contributed by atoms with Crippen molar-refractivity contribution in [2.24, 2.45) is 0 Å². The molecule has 0 spiro atoms. The van der Waals surface area contributed by atoms with Crippen LogP contribution in [0.3, 0.4) is 0 Å². The van der Waals surface area contributed by atoms with Crippen molar-refractivity contribution < 1.29 is 17.9 Å². The molecule has 2 aromatic rings. The molecule has 0 aliphatic heterocycles. The lowest BCUT2D eigenvalue weighted by atomic mass is 10.3. The molecule has 0 saturated carbocycles. The molecule has 22 heavy (non-hydrogen) atoms. The fourth-order valence-corrected chi connectivity index (χ4v) is 2.16. The van der Waals surface area contributed by atoms with Crippen molar-refractivity contribution in [3.63, 3.8) is 0 Å². The maximum Gasteiger partial charge on any atom is 0.285 e. The van der Waals surface area contributed by atoms with E-state index in [2.05, 4.69) is 10.2 Å². The monoisotopic (exact) mass is 361 g/mol. The summed E-state index contributed by atoms with van der Waals surface area (Å²) in [7, 11) is -3.67. The molecule has 1 aromatic carbocycles. The van der Waals surface area contributed by atoms with E-state index in [1.165, 1.54) is 12.1 Å². The number of aromatic nitrogens is 2. The highest BCUT2D eigenvalue weighted by Crippen LogP contribution is 2.33. The van der Waals surface area contributed by atoms with Gasteiger partial charge in [-0.1, -0.05) is 29.3 Å². The van der Waals surface area contributed by atoms with Crippen molar-refractivity contribution in [3.8, 4) is 11.6 Å². The van der Waals surface area contributed by atoms with Gasteiger partial charge in [0, 0.05) is 6.07 Å². The third-order valence-corrected chi connectivity index (χ3v) is 3.64. The first-order chi connectivity index (χ1) is 10.3. The summed E-state index contributed by atoms with van der Waals surface area (Å²) in [5, 5.41) is 7.78. The lowest BCUT2D eigenvalue weighted by Gasteiger charge is -2.07. The van der Waals surface area contributed by atoms with E-state index in [4.69, 9.17) is 27.9 Å². The molecule has 116 valence electrons. The number of hydrogen-bond donors (Lipinski definition) is 1. The average molecular weight is 362 g/mol. The first-order valence-corrected chi connectivity index (χ1v) is 8.39. The van der Waals surface area contributed by atoms with Gasteiger partial charge in [-0.3, -0.25) is 4.79 Å². The number of ether oxygens (including phenoxy) is 1. The zero-order valence-corrected chi connectivity index (χ0v) is 13.4. The standard InChI is InChI=1S/C12H9Cl2N3O4S/c1-22(19,20)17-12(18)8-5-6-10(16-15-8)21-9-4-2-3-7(13)11(9)14/h2-6H,1H3,(H,17,18). The highest BCUT2D eigenvalue weighted by molar-refractivity contribution is 7.89. The Kier molecular flexibility index (Phi) is 4.84. The van der Waals surface area contributed by atoms with E-state index >= 15 is 0 Å². The van der Waals surface area contributed by atoms with Crippen molar-refractivity contribution in [2.45, 2.75) is 0 Å². The third kappa shape index (κ3) is 4.30. The molecule has 2 rings (SSSR count). The van der Waals surface area contributed by atoms with Crippen molar-refractivity contribution in [2.75, 3.05) is 6.26 Å². The first-order valence-electron chi connectivity index (χ1n) is 5.74. The molecule has 0 unspecified atom stereocenters. The van der Waals surface area contributed by atoms with Gasteiger partial charge in [0.25, 0.3) is 5.91 Å². The fourth-order valence-electron chi connectivity index (χ4n) is 1.39. The Morgan fingerprint density at radius 2 is 1.91 bits per heavy atom. The van der Waals surface area contributed by atoms with Gasteiger partial charge in [0.15, 0.2) is 5.69 Å². The molecule has 1 amide bonds. The normalized spacial score (nSPS) is 11.0. The Hall–Kier alpha value is -1.90. The molecule has 0 atom stereocenters. The molecular formula is C12H9Cl2N3O4S. The molecule has 0 saturated heterocycles. The second kappa shape index (κ2) is 6.47. The summed E-state index contributed by atoms with van der Waals surface area (Å²) in [6, 6.07) is 7.44. The molecule has 0 fully saturated rings. The lowest BCUT2D eigenvalue weighted by Crippen LogP contribution is -2.30. The zero-order chi connectivity index (χ0) is 16.3. The Bertz CT molecular complexity index is 810. The van der Waals surface area contributed by atoms with Gasteiger partial charge in [-0.15, -0.1) is 10.2 Å². The van der Waals surface area contributed by atoms with Crippen LogP contribution in [-0.4, -0.2) is 30.8 Å². The predicted octanol–water partition coefficient (Wildman–Crippen LogP) is 2.27. The second-order valence-corrected chi connectivity index (χ2v) is 6.65. The van der Waals surface area contributed by atoms with Gasteiger partial charge in [0.05, 0.1) is 11.3 Å². The fraction of sp³-hybridized carbons (Fsp3) is 0.0833. The lowest BCUT2D eigenvalue weighted by molar-refractivity contribution is 0.0975. The number of hydrogen-bond acceptors (Lipinski definition) is 6. The second-order valence-electron chi connectivity index (χ2n) is 4.11. The molecule has 0 bridgehead atoms. The van der Waals surface area contributed by atoms with Crippen LogP contribution >= 0.6 is 23.2 Å². The Labute approximate surface area is 136 Å². The molecule has 0 aliphatic rings. The zero-order valence-electron chi connectivity index (χ0n) is 11.1. The quantitative estimate of drug-likeness (QED) is 0.896. The number of sulfonamides is 1. The van der Waals surface area contributed by atoms with Crippen LogP contribution in [-0.2, 0) is 10.0 Å².